The Labute approximate surface area is 222 Å². The second kappa shape index (κ2) is 8.69. The molecule has 0 bridgehead atoms. The van der Waals surface area contributed by atoms with Crippen LogP contribution in [0.2, 0.25) is 0 Å². The summed E-state index contributed by atoms with van der Waals surface area (Å²) in [5.41, 5.74) is 3.47. The topological polar surface area (TPSA) is 64.4 Å². The molecule has 2 heterocycles. The molecule has 38 heavy (non-hydrogen) atoms. The minimum absolute atomic E-state index is 0.0872. The smallest absolute Gasteiger partial charge is 0.179 e. The average Bonchev–Trinajstić information content (AvgIpc) is 3.41. The van der Waals surface area contributed by atoms with Crippen molar-refractivity contribution >= 4 is 17.4 Å². The molecule has 0 N–H and O–H groups in total. The number of anilines is 1. The van der Waals surface area contributed by atoms with Crippen molar-refractivity contribution in [2.24, 2.45) is 5.41 Å². The Hall–Kier alpha value is -4.19. The van der Waals surface area contributed by atoms with E-state index in [0.717, 1.165) is 34.1 Å². The third-order valence-electron chi connectivity index (χ3n) is 7.72. The first-order chi connectivity index (χ1) is 18.2. The van der Waals surface area contributed by atoms with Gasteiger partial charge in [-0.25, -0.2) is 4.68 Å². The number of benzene rings is 3. The molecule has 6 nitrogen and oxygen atoms in total. The van der Waals surface area contributed by atoms with Crippen LogP contribution in [0.3, 0.4) is 0 Å². The van der Waals surface area contributed by atoms with Gasteiger partial charge in [0.25, 0.3) is 0 Å². The fourth-order valence-electron chi connectivity index (χ4n) is 5.92. The largest absolute Gasteiger partial charge is 0.497 e. The van der Waals surface area contributed by atoms with Crippen molar-refractivity contribution in [1.29, 1.82) is 0 Å². The highest BCUT2D eigenvalue weighted by molar-refractivity contribution is 6.30. The molecule has 2 aliphatic rings. The van der Waals surface area contributed by atoms with Crippen LogP contribution in [0.1, 0.15) is 58.3 Å². The quantitative estimate of drug-likeness (QED) is 0.328. The number of ether oxygens (including phenoxy) is 1. The first-order valence-electron chi connectivity index (χ1n) is 13.0. The van der Waals surface area contributed by atoms with E-state index in [1.165, 1.54) is 0 Å². The van der Waals surface area contributed by atoms with Crippen LogP contribution in [0.5, 0.6) is 5.75 Å². The molecule has 1 aliphatic carbocycles. The molecular weight excluding hydrogens is 474 g/mol. The maximum atomic E-state index is 14.0. The van der Waals surface area contributed by atoms with Crippen LogP contribution in [-0.2, 0) is 18.4 Å². The normalized spacial score (nSPS) is 16.1. The number of methoxy groups -OCH3 is 1. The van der Waals surface area contributed by atoms with E-state index in [1.807, 2.05) is 71.4 Å². The lowest BCUT2D eigenvalue weighted by molar-refractivity contribution is 0.0696. The molecule has 0 amide bonds. The Morgan fingerprint density at radius 1 is 0.868 bits per heavy atom. The lowest BCUT2D eigenvalue weighted by Gasteiger charge is -2.40. The molecule has 0 saturated carbocycles. The number of hydrogen-bond acceptors (Lipinski definition) is 5. The zero-order chi connectivity index (χ0) is 26.7. The van der Waals surface area contributed by atoms with Gasteiger partial charge in [0.15, 0.2) is 11.6 Å². The van der Waals surface area contributed by atoms with Crippen molar-refractivity contribution in [2.75, 3.05) is 18.6 Å². The number of para-hydroxylation sites is 1. The van der Waals surface area contributed by atoms with Crippen LogP contribution in [0, 0.1) is 5.41 Å². The highest BCUT2D eigenvalue weighted by Crippen LogP contribution is 2.49. The minimum Gasteiger partial charge on any atom is -0.497 e. The molecule has 6 rings (SSSR count). The number of nitrogens with zero attached hydrogens (tertiary/aromatic N) is 3. The van der Waals surface area contributed by atoms with Crippen LogP contribution < -0.4 is 9.64 Å². The summed E-state index contributed by atoms with van der Waals surface area (Å²) in [5, 5.41) is 5.14. The summed E-state index contributed by atoms with van der Waals surface area (Å²) < 4.78 is 7.35. The van der Waals surface area contributed by atoms with Gasteiger partial charge in [0.2, 0.25) is 0 Å². The molecule has 0 unspecified atom stereocenters. The van der Waals surface area contributed by atoms with E-state index in [1.54, 1.807) is 19.2 Å². The third kappa shape index (κ3) is 3.66. The Kier molecular flexibility index (Phi) is 5.53. The van der Waals surface area contributed by atoms with Crippen LogP contribution in [0.4, 0.5) is 5.82 Å². The fourth-order valence-corrected chi connectivity index (χ4v) is 5.92. The molecule has 0 fully saturated rings. The summed E-state index contributed by atoms with van der Waals surface area (Å²) in [4.78, 5) is 30.2. The first-order valence-corrected chi connectivity index (χ1v) is 13.0. The number of carbonyl (C=O) groups is 2. The molecule has 192 valence electrons. The summed E-state index contributed by atoms with van der Waals surface area (Å²) in [6.45, 7) is 7.21. The second-order valence-corrected chi connectivity index (χ2v) is 11.3. The number of rotatable bonds is 4. The van der Waals surface area contributed by atoms with Gasteiger partial charge in [-0.3, -0.25) is 9.59 Å². The van der Waals surface area contributed by atoms with Gasteiger partial charge in [0.05, 0.1) is 18.5 Å². The number of carbonyl (C=O) groups excluding carboxylic acids is 2. The standard InChI is InChI=1S/C32H31N3O3/c1-31(2,3)27-26-18-32(28(36)24-12-8-9-13-25(24)29(32)37)20-34(19-21-14-16-23(38-4)17-15-21)30(26)35(33-27)22-10-6-5-7-11-22/h5-17H,18-20H2,1-4H3. The predicted molar refractivity (Wildman–Crippen MR) is 148 cm³/mol. The third-order valence-corrected chi connectivity index (χ3v) is 7.72. The van der Waals surface area contributed by atoms with E-state index in [2.05, 4.69) is 25.7 Å². The van der Waals surface area contributed by atoms with E-state index in [-0.39, 0.29) is 17.0 Å². The minimum atomic E-state index is -1.17. The van der Waals surface area contributed by atoms with Crippen molar-refractivity contribution < 1.29 is 14.3 Å². The SMILES string of the molecule is COc1ccc(CN2CC3(Cc4c(C(C)(C)C)nn(-c5ccccc5)c42)C(=O)c2ccccc2C3=O)cc1. The molecule has 1 spiro atoms. The molecule has 0 saturated heterocycles. The number of ketones is 2. The van der Waals surface area contributed by atoms with E-state index in [0.29, 0.717) is 30.6 Å². The molecule has 0 atom stereocenters. The molecule has 6 heteroatoms. The molecule has 4 aromatic rings. The molecular formula is C32H31N3O3. The van der Waals surface area contributed by atoms with Crippen molar-refractivity contribution in [3.8, 4) is 11.4 Å². The summed E-state index contributed by atoms with van der Waals surface area (Å²) in [6.07, 6.45) is 0.341. The highest BCUT2D eigenvalue weighted by Gasteiger charge is 2.57. The summed E-state index contributed by atoms with van der Waals surface area (Å²) in [6, 6.07) is 25.2. The van der Waals surface area contributed by atoms with Crippen molar-refractivity contribution in [2.45, 2.75) is 39.2 Å². The van der Waals surface area contributed by atoms with Gasteiger partial charge >= 0.3 is 0 Å². The van der Waals surface area contributed by atoms with Crippen LogP contribution in [0.15, 0.2) is 78.9 Å². The fraction of sp³-hybridized carbons (Fsp3) is 0.281. The lowest BCUT2D eigenvalue weighted by atomic mass is 9.72. The lowest BCUT2D eigenvalue weighted by Crippen LogP contribution is -2.50. The number of Topliss-reactive ketones (excluding diaryl/α,β-unsaturated/α-hetero) is 2. The van der Waals surface area contributed by atoms with Crippen molar-refractivity contribution in [1.82, 2.24) is 9.78 Å². The summed E-state index contributed by atoms with van der Waals surface area (Å²) in [7, 11) is 1.65. The van der Waals surface area contributed by atoms with Crippen molar-refractivity contribution in [3.05, 3.63) is 107 Å². The van der Waals surface area contributed by atoms with Gasteiger partial charge in [-0.05, 0) is 36.2 Å². The van der Waals surface area contributed by atoms with Crippen LogP contribution >= 0.6 is 0 Å². The van der Waals surface area contributed by atoms with E-state index >= 15 is 0 Å². The van der Waals surface area contributed by atoms with E-state index in [9.17, 15) is 9.59 Å². The molecule has 3 aromatic carbocycles. The maximum absolute atomic E-state index is 14.0. The van der Waals surface area contributed by atoms with Gasteiger partial charge in [-0.2, -0.15) is 5.10 Å². The molecule has 1 aliphatic heterocycles. The molecule has 1 aromatic heterocycles. The Bertz CT molecular complexity index is 1510. The van der Waals surface area contributed by atoms with E-state index < -0.39 is 5.41 Å². The Morgan fingerprint density at radius 2 is 1.47 bits per heavy atom. The van der Waals surface area contributed by atoms with E-state index in [4.69, 9.17) is 9.84 Å². The zero-order valence-corrected chi connectivity index (χ0v) is 22.2. The zero-order valence-electron chi connectivity index (χ0n) is 22.2. The Balaban J connectivity index is 1.56. The number of aromatic nitrogens is 2. The van der Waals surface area contributed by atoms with Gasteiger partial charge in [-0.15, -0.1) is 0 Å². The summed E-state index contributed by atoms with van der Waals surface area (Å²) in [5.74, 6) is 1.55. The average molecular weight is 506 g/mol. The summed E-state index contributed by atoms with van der Waals surface area (Å²) >= 11 is 0. The van der Waals surface area contributed by atoms with Gasteiger partial charge < -0.3 is 9.64 Å². The Morgan fingerprint density at radius 3 is 2.05 bits per heavy atom. The van der Waals surface area contributed by atoms with Crippen molar-refractivity contribution in [3.63, 3.8) is 0 Å². The number of hydrogen-bond donors (Lipinski definition) is 0. The van der Waals surface area contributed by atoms with Crippen LogP contribution in [-0.4, -0.2) is 35.0 Å². The number of fused-ring (bicyclic) bond motifs is 2. The van der Waals surface area contributed by atoms with Crippen LogP contribution in [0.25, 0.3) is 5.69 Å². The maximum Gasteiger partial charge on any atom is 0.179 e. The van der Waals surface area contributed by atoms with Gasteiger partial charge in [0.1, 0.15) is 17.0 Å². The molecule has 0 radical (unpaired) electrons. The first kappa shape index (κ1) is 24.2. The monoisotopic (exact) mass is 505 g/mol. The predicted octanol–water partition coefficient (Wildman–Crippen LogP) is 5.81. The van der Waals surface area contributed by atoms with Gasteiger partial charge in [0, 0.05) is 35.2 Å². The second-order valence-electron chi connectivity index (χ2n) is 11.3. The highest BCUT2D eigenvalue weighted by atomic mass is 16.5. The van der Waals surface area contributed by atoms with Gasteiger partial charge in [-0.1, -0.05) is 75.4 Å².